The van der Waals surface area contributed by atoms with Crippen molar-refractivity contribution >= 4 is 18.1 Å². The van der Waals surface area contributed by atoms with Gasteiger partial charge in [0.05, 0.1) is 25.0 Å². The Hall–Kier alpha value is -3.15. The van der Waals surface area contributed by atoms with Gasteiger partial charge in [0.2, 0.25) is 0 Å². The second kappa shape index (κ2) is 8.63. The van der Waals surface area contributed by atoms with E-state index in [4.69, 9.17) is 4.74 Å². The molecule has 0 bridgehead atoms. The number of hydrogen-bond acceptors (Lipinski definition) is 5. The molecule has 6 nitrogen and oxygen atoms in total. The molecule has 6 heteroatoms. The van der Waals surface area contributed by atoms with Crippen molar-refractivity contribution in [2.75, 3.05) is 7.11 Å². The maximum atomic E-state index is 12.0. The van der Waals surface area contributed by atoms with Crippen LogP contribution in [0.5, 0.6) is 5.75 Å². The Morgan fingerprint density at radius 2 is 1.60 bits per heavy atom. The molecule has 2 aromatic carbocycles. The molecule has 0 saturated carbocycles. The van der Waals surface area contributed by atoms with E-state index in [0.29, 0.717) is 16.9 Å². The fourth-order valence-corrected chi connectivity index (χ4v) is 2.01. The van der Waals surface area contributed by atoms with Gasteiger partial charge in [0.25, 0.3) is 5.91 Å². The van der Waals surface area contributed by atoms with Gasteiger partial charge in [-0.2, -0.15) is 5.10 Å². The first-order valence-corrected chi connectivity index (χ1v) is 7.78. The number of hydrazone groups is 1. The Bertz CT molecular complexity index is 750. The summed E-state index contributed by atoms with van der Waals surface area (Å²) in [6, 6.07) is 13.5. The van der Waals surface area contributed by atoms with Crippen molar-refractivity contribution in [1.29, 1.82) is 0 Å². The lowest BCUT2D eigenvalue weighted by atomic mass is 10.1. The Kier molecular flexibility index (Phi) is 6.28. The molecule has 0 atom stereocenters. The minimum Gasteiger partial charge on any atom is -0.491 e. The standard InChI is InChI=1S/C19H20N2O4/c1-13(2)25-17-10-8-15(9-11-17)18(22)21-20-12-14-4-6-16(7-5-14)19(23)24-3/h4-13H,1-3H3,(H,21,22)/b20-12-. The summed E-state index contributed by atoms with van der Waals surface area (Å²) in [4.78, 5) is 23.4. The third-order valence-corrected chi connectivity index (χ3v) is 3.20. The molecule has 2 rings (SSSR count). The lowest BCUT2D eigenvalue weighted by Gasteiger charge is -2.09. The molecule has 0 aromatic heterocycles. The number of esters is 1. The second-order valence-corrected chi connectivity index (χ2v) is 5.50. The highest BCUT2D eigenvalue weighted by Gasteiger charge is 2.06. The molecule has 0 aliphatic rings. The monoisotopic (exact) mass is 340 g/mol. The Labute approximate surface area is 146 Å². The fourth-order valence-electron chi connectivity index (χ4n) is 2.01. The molecular weight excluding hydrogens is 320 g/mol. The smallest absolute Gasteiger partial charge is 0.337 e. The van der Waals surface area contributed by atoms with Gasteiger partial charge in [-0.1, -0.05) is 12.1 Å². The predicted molar refractivity (Wildman–Crippen MR) is 95.0 cm³/mol. The number of nitrogens with zero attached hydrogens (tertiary/aromatic N) is 1. The summed E-state index contributed by atoms with van der Waals surface area (Å²) in [6.07, 6.45) is 1.57. The van der Waals surface area contributed by atoms with Crippen LogP contribution in [-0.2, 0) is 4.74 Å². The first kappa shape index (κ1) is 18.2. The lowest BCUT2D eigenvalue weighted by molar-refractivity contribution is 0.0600. The second-order valence-electron chi connectivity index (χ2n) is 5.50. The summed E-state index contributed by atoms with van der Waals surface area (Å²) in [5.41, 5.74) is 4.13. The molecule has 130 valence electrons. The molecule has 1 amide bonds. The molecule has 0 fully saturated rings. The summed E-state index contributed by atoms with van der Waals surface area (Å²) >= 11 is 0. The Balaban J connectivity index is 1.92. The first-order valence-electron chi connectivity index (χ1n) is 7.78. The summed E-state index contributed by atoms with van der Waals surface area (Å²) in [7, 11) is 1.33. The number of benzene rings is 2. The average molecular weight is 340 g/mol. The van der Waals surface area contributed by atoms with Crippen molar-refractivity contribution in [2.45, 2.75) is 20.0 Å². The summed E-state index contributed by atoms with van der Waals surface area (Å²) in [5, 5.41) is 3.91. The highest BCUT2D eigenvalue weighted by atomic mass is 16.5. The Morgan fingerprint density at radius 3 is 2.16 bits per heavy atom. The number of rotatable bonds is 6. The molecule has 0 unspecified atom stereocenters. The largest absolute Gasteiger partial charge is 0.491 e. The zero-order chi connectivity index (χ0) is 18.2. The lowest BCUT2D eigenvalue weighted by Crippen LogP contribution is -2.17. The topological polar surface area (TPSA) is 77.0 Å². The molecule has 25 heavy (non-hydrogen) atoms. The van der Waals surface area contributed by atoms with Gasteiger partial charge in [-0.25, -0.2) is 10.2 Å². The van der Waals surface area contributed by atoms with Crippen molar-refractivity contribution in [1.82, 2.24) is 5.43 Å². The van der Waals surface area contributed by atoms with Gasteiger partial charge in [0, 0.05) is 5.56 Å². The van der Waals surface area contributed by atoms with E-state index in [-0.39, 0.29) is 12.0 Å². The van der Waals surface area contributed by atoms with Gasteiger partial charge in [-0.05, 0) is 55.8 Å². The van der Waals surface area contributed by atoms with E-state index in [1.165, 1.54) is 13.3 Å². The van der Waals surface area contributed by atoms with Crippen LogP contribution in [0.15, 0.2) is 53.6 Å². The molecule has 0 spiro atoms. The third kappa shape index (κ3) is 5.46. The van der Waals surface area contributed by atoms with E-state index >= 15 is 0 Å². The quantitative estimate of drug-likeness (QED) is 0.498. The average Bonchev–Trinajstić information content (AvgIpc) is 2.61. The van der Waals surface area contributed by atoms with Crippen LogP contribution >= 0.6 is 0 Å². The zero-order valence-corrected chi connectivity index (χ0v) is 14.4. The third-order valence-electron chi connectivity index (χ3n) is 3.20. The number of amides is 1. The molecule has 0 aliphatic carbocycles. The summed E-state index contributed by atoms with van der Waals surface area (Å²) in [6.45, 7) is 3.88. The maximum absolute atomic E-state index is 12.0. The number of methoxy groups -OCH3 is 1. The SMILES string of the molecule is COC(=O)c1ccc(/C=N\NC(=O)c2ccc(OC(C)C)cc2)cc1. The van der Waals surface area contributed by atoms with Gasteiger partial charge in [-0.15, -0.1) is 0 Å². The normalized spacial score (nSPS) is 10.7. The van der Waals surface area contributed by atoms with Crippen molar-refractivity contribution in [2.24, 2.45) is 5.10 Å². The molecule has 0 radical (unpaired) electrons. The van der Waals surface area contributed by atoms with Gasteiger partial charge < -0.3 is 9.47 Å². The van der Waals surface area contributed by atoms with Crippen molar-refractivity contribution < 1.29 is 19.1 Å². The number of carbonyl (C=O) groups is 2. The van der Waals surface area contributed by atoms with Crippen LogP contribution in [0.25, 0.3) is 0 Å². The van der Waals surface area contributed by atoms with E-state index in [1.807, 2.05) is 13.8 Å². The molecule has 0 saturated heterocycles. The van der Waals surface area contributed by atoms with Crippen molar-refractivity contribution in [3.05, 3.63) is 65.2 Å². The number of hydrogen-bond donors (Lipinski definition) is 1. The van der Waals surface area contributed by atoms with Crippen molar-refractivity contribution in [3.8, 4) is 5.75 Å². The van der Waals surface area contributed by atoms with E-state index in [9.17, 15) is 9.59 Å². The number of ether oxygens (including phenoxy) is 2. The van der Waals surface area contributed by atoms with Crippen LogP contribution in [0.1, 0.15) is 40.1 Å². The van der Waals surface area contributed by atoms with Gasteiger partial charge in [0.1, 0.15) is 5.75 Å². The van der Waals surface area contributed by atoms with E-state index in [2.05, 4.69) is 15.3 Å². The van der Waals surface area contributed by atoms with E-state index < -0.39 is 5.97 Å². The fraction of sp³-hybridized carbons (Fsp3) is 0.211. The molecule has 0 heterocycles. The molecule has 1 N–H and O–H groups in total. The minimum absolute atomic E-state index is 0.0786. The Morgan fingerprint density at radius 1 is 1.00 bits per heavy atom. The van der Waals surface area contributed by atoms with Crippen LogP contribution < -0.4 is 10.2 Å². The highest BCUT2D eigenvalue weighted by molar-refractivity contribution is 5.95. The van der Waals surface area contributed by atoms with Crippen LogP contribution in [0.3, 0.4) is 0 Å². The number of carbonyl (C=O) groups excluding carboxylic acids is 2. The van der Waals surface area contributed by atoms with Crippen LogP contribution in [0.4, 0.5) is 0 Å². The summed E-state index contributed by atoms with van der Waals surface area (Å²) < 4.78 is 10.2. The number of nitrogens with one attached hydrogen (secondary N) is 1. The molecular formula is C19H20N2O4. The maximum Gasteiger partial charge on any atom is 0.337 e. The molecule has 2 aromatic rings. The van der Waals surface area contributed by atoms with Gasteiger partial charge in [0.15, 0.2) is 0 Å². The zero-order valence-electron chi connectivity index (χ0n) is 14.4. The first-order chi connectivity index (χ1) is 12.0. The van der Waals surface area contributed by atoms with E-state index in [0.717, 1.165) is 5.56 Å². The van der Waals surface area contributed by atoms with Gasteiger partial charge in [-0.3, -0.25) is 4.79 Å². The molecule has 0 aliphatic heterocycles. The summed E-state index contributed by atoms with van der Waals surface area (Å²) in [5.74, 6) is -0.0130. The van der Waals surface area contributed by atoms with Crippen molar-refractivity contribution in [3.63, 3.8) is 0 Å². The van der Waals surface area contributed by atoms with Crippen LogP contribution in [-0.4, -0.2) is 31.3 Å². The van der Waals surface area contributed by atoms with Crippen LogP contribution in [0.2, 0.25) is 0 Å². The van der Waals surface area contributed by atoms with Gasteiger partial charge >= 0.3 is 5.97 Å². The van der Waals surface area contributed by atoms with E-state index in [1.54, 1.807) is 48.5 Å². The predicted octanol–water partition coefficient (Wildman–Crippen LogP) is 3.02. The minimum atomic E-state index is -0.401. The van der Waals surface area contributed by atoms with Crippen LogP contribution in [0, 0.1) is 0 Å². The highest BCUT2D eigenvalue weighted by Crippen LogP contribution is 2.13.